The predicted octanol–water partition coefficient (Wildman–Crippen LogP) is 3.26. The summed E-state index contributed by atoms with van der Waals surface area (Å²) in [7, 11) is -1.87. The van der Waals surface area contributed by atoms with E-state index >= 15 is 0 Å². The highest BCUT2D eigenvalue weighted by molar-refractivity contribution is 7.17. The Morgan fingerprint density at radius 1 is 0.800 bits per heavy atom. The fraction of sp³-hybridized carbons (Fsp3) is 1.00. The van der Waals surface area contributed by atoms with Gasteiger partial charge in [0.05, 0.1) is 0 Å². The molecule has 0 saturated heterocycles. The van der Waals surface area contributed by atoms with Gasteiger partial charge < -0.3 is 9.13 Å². The van der Waals surface area contributed by atoms with Gasteiger partial charge in [0, 0.05) is 0 Å². The van der Waals surface area contributed by atoms with Crippen LogP contribution in [0.2, 0.25) is 6.04 Å². The number of hydrogen-bond donors (Lipinski definition) is 0. The highest BCUT2D eigenvalue weighted by atomic mass is 35.6. The summed E-state index contributed by atoms with van der Waals surface area (Å²) >= 11 is 6.96. The van der Waals surface area contributed by atoms with Gasteiger partial charge in [-0.3, -0.25) is 0 Å². The van der Waals surface area contributed by atoms with E-state index in [-0.39, 0.29) is 0 Å². The van der Waals surface area contributed by atoms with Crippen molar-refractivity contribution >= 4 is 18.8 Å². The van der Waals surface area contributed by atoms with E-state index in [1.807, 2.05) is 0 Å². The summed E-state index contributed by atoms with van der Waals surface area (Å²) in [6, 6.07) is 1.16. The predicted molar refractivity (Wildman–Crippen MR) is 72.5 cm³/mol. The van der Waals surface area contributed by atoms with Gasteiger partial charge in [0.2, 0.25) is 0 Å². The molecule has 92 valence electrons. The molecular weight excluding hydrogens is 224 g/mol. The second kappa shape index (κ2) is 7.66. The van der Waals surface area contributed by atoms with Crippen LogP contribution in [-0.4, -0.2) is 43.0 Å². The van der Waals surface area contributed by atoms with Crippen LogP contribution in [0.3, 0.4) is 0 Å². The molecule has 0 saturated carbocycles. The van der Waals surface area contributed by atoms with Gasteiger partial charge in [-0.05, 0) is 32.2 Å². The molecule has 0 bridgehead atoms. The zero-order valence-corrected chi connectivity index (χ0v) is 12.8. The van der Waals surface area contributed by atoms with Crippen LogP contribution < -0.4 is 0 Å². The van der Waals surface area contributed by atoms with Gasteiger partial charge in [-0.1, -0.05) is 41.0 Å². The van der Waals surface area contributed by atoms with Crippen LogP contribution in [0.5, 0.6) is 0 Å². The van der Waals surface area contributed by atoms with Crippen molar-refractivity contribution in [3.63, 3.8) is 0 Å². The Kier molecular flexibility index (Phi) is 7.88. The monoisotopic (exact) mass is 250 g/mol. The summed E-state index contributed by atoms with van der Waals surface area (Å²) in [5.41, 5.74) is 0. The fourth-order valence-corrected chi connectivity index (χ4v) is 7.86. The molecule has 0 aliphatic rings. The van der Waals surface area contributed by atoms with Gasteiger partial charge in [-0.15, -0.1) is 11.1 Å². The molecule has 0 N–H and O–H groups in total. The Bertz CT molecular complexity index is 147. The van der Waals surface area contributed by atoms with Crippen molar-refractivity contribution in [2.24, 2.45) is 0 Å². The van der Waals surface area contributed by atoms with Gasteiger partial charge in [0.15, 0.2) is 0 Å². The minimum atomic E-state index is -1.87. The first-order valence-electron chi connectivity index (χ1n) is 6.29. The van der Waals surface area contributed by atoms with Crippen LogP contribution in [0, 0.1) is 0 Å². The average molecular weight is 251 g/mol. The third-order valence-corrected chi connectivity index (χ3v) is 9.40. The zero-order valence-electron chi connectivity index (χ0n) is 11.0. The highest BCUT2D eigenvalue weighted by Gasteiger charge is 2.41. The number of nitrogens with zero attached hydrogens (tertiary/aromatic N) is 2. The highest BCUT2D eigenvalue weighted by Crippen LogP contribution is 2.26. The standard InChI is InChI=1S/C11H27ClN2Si/c1-6-11-15(12,13(7-2)8-3)14(9-4)10-5/h6-11H2,1-5H3. The third kappa shape index (κ3) is 3.73. The zero-order chi connectivity index (χ0) is 11.9. The topological polar surface area (TPSA) is 6.48 Å². The van der Waals surface area contributed by atoms with E-state index in [1.165, 1.54) is 6.42 Å². The van der Waals surface area contributed by atoms with Crippen LogP contribution in [-0.2, 0) is 0 Å². The van der Waals surface area contributed by atoms with Crippen LogP contribution >= 0.6 is 11.1 Å². The van der Waals surface area contributed by atoms with Crippen LogP contribution in [0.1, 0.15) is 41.0 Å². The van der Waals surface area contributed by atoms with E-state index in [9.17, 15) is 0 Å². The molecule has 0 rings (SSSR count). The minimum Gasteiger partial charge on any atom is -0.300 e. The summed E-state index contributed by atoms with van der Waals surface area (Å²) in [5, 5.41) is 0. The lowest BCUT2D eigenvalue weighted by atomic mass is 10.6. The molecule has 0 radical (unpaired) electrons. The Labute approximate surface area is 101 Å². The first-order valence-corrected chi connectivity index (χ1v) is 9.40. The summed E-state index contributed by atoms with van der Waals surface area (Å²) in [6.45, 7) is 15.4. The van der Waals surface area contributed by atoms with Crippen LogP contribution in [0.4, 0.5) is 0 Å². The molecule has 0 aromatic rings. The maximum atomic E-state index is 6.96. The lowest BCUT2D eigenvalue weighted by Crippen LogP contribution is -2.61. The number of rotatable bonds is 8. The molecule has 0 fully saturated rings. The Hall–Kier alpha value is 0.427. The Morgan fingerprint density at radius 2 is 1.13 bits per heavy atom. The van der Waals surface area contributed by atoms with Crippen molar-refractivity contribution in [3.8, 4) is 0 Å². The lowest BCUT2D eigenvalue weighted by Gasteiger charge is -2.43. The molecule has 0 aliphatic carbocycles. The Balaban J connectivity index is 4.82. The first-order chi connectivity index (χ1) is 7.10. The molecule has 2 nitrogen and oxygen atoms in total. The van der Waals surface area contributed by atoms with Crippen LogP contribution in [0.15, 0.2) is 0 Å². The first kappa shape index (κ1) is 15.4. The molecule has 0 aromatic heterocycles. The van der Waals surface area contributed by atoms with E-state index < -0.39 is 7.71 Å². The molecule has 0 amide bonds. The average Bonchev–Trinajstić information content (AvgIpc) is 2.21. The second-order valence-electron chi connectivity index (χ2n) is 3.81. The molecule has 15 heavy (non-hydrogen) atoms. The van der Waals surface area contributed by atoms with Gasteiger partial charge in [-0.25, -0.2) is 0 Å². The van der Waals surface area contributed by atoms with Gasteiger partial charge in [0.25, 0.3) is 0 Å². The normalized spacial score (nSPS) is 12.8. The van der Waals surface area contributed by atoms with Crippen molar-refractivity contribution < 1.29 is 0 Å². The van der Waals surface area contributed by atoms with Crippen molar-refractivity contribution in [1.82, 2.24) is 9.13 Å². The van der Waals surface area contributed by atoms with Crippen molar-refractivity contribution in [2.45, 2.75) is 47.1 Å². The maximum absolute atomic E-state index is 6.96. The molecule has 0 spiro atoms. The summed E-state index contributed by atoms with van der Waals surface area (Å²) in [6.07, 6.45) is 1.18. The molecule has 0 heterocycles. The molecule has 4 heteroatoms. The molecule has 0 aliphatic heterocycles. The summed E-state index contributed by atoms with van der Waals surface area (Å²) in [4.78, 5) is 0. The fourth-order valence-electron chi connectivity index (χ4n) is 2.25. The van der Waals surface area contributed by atoms with E-state index in [0.29, 0.717) is 0 Å². The van der Waals surface area contributed by atoms with Gasteiger partial charge >= 0.3 is 7.71 Å². The lowest BCUT2D eigenvalue weighted by molar-refractivity contribution is 0.366. The smallest absolute Gasteiger partial charge is 0.300 e. The molecule has 0 unspecified atom stereocenters. The Morgan fingerprint density at radius 3 is 1.33 bits per heavy atom. The summed E-state index contributed by atoms with van der Waals surface area (Å²) in [5.74, 6) is 0. The van der Waals surface area contributed by atoms with Gasteiger partial charge in [0.1, 0.15) is 0 Å². The largest absolute Gasteiger partial charge is 0.307 e. The minimum absolute atomic E-state index is 1.07. The van der Waals surface area contributed by atoms with Crippen LogP contribution in [0.25, 0.3) is 0 Å². The molecular formula is C11H27ClN2Si. The SMILES string of the molecule is CCC[Si](Cl)(N(CC)CC)N(CC)CC. The quantitative estimate of drug-likeness (QED) is 0.482. The van der Waals surface area contributed by atoms with Gasteiger partial charge in [-0.2, -0.15) is 0 Å². The number of halogens is 1. The van der Waals surface area contributed by atoms with Crippen molar-refractivity contribution in [3.05, 3.63) is 0 Å². The van der Waals surface area contributed by atoms with E-state index in [0.717, 1.165) is 32.2 Å². The third-order valence-electron chi connectivity index (χ3n) is 3.06. The second-order valence-corrected chi connectivity index (χ2v) is 8.83. The van der Waals surface area contributed by atoms with E-state index in [2.05, 4.69) is 43.7 Å². The summed E-state index contributed by atoms with van der Waals surface area (Å²) < 4.78 is 4.98. The van der Waals surface area contributed by atoms with Crippen molar-refractivity contribution in [2.75, 3.05) is 26.2 Å². The number of hydrogen-bond acceptors (Lipinski definition) is 2. The molecule has 0 aromatic carbocycles. The van der Waals surface area contributed by atoms with E-state index in [1.54, 1.807) is 0 Å². The van der Waals surface area contributed by atoms with Crippen molar-refractivity contribution in [1.29, 1.82) is 0 Å². The molecule has 0 atom stereocenters. The maximum Gasteiger partial charge on any atom is 0.307 e. The van der Waals surface area contributed by atoms with E-state index in [4.69, 9.17) is 11.1 Å².